The van der Waals surface area contributed by atoms with Crippen LogP contribution < -0.4 is 26.0 Å². The third-order valence-electron chi connectivity index (χ3n) is 6.34. The summed E-state index contributed by atoms with van der Waals surface area (Å²) >= 11 is 1.22. The number of nitrogens with zero attached hydrogens (tertiary/aromatic N) is 4. The van der Waals surface area contributed by atoms with Gasteiger partial charge >= 0.3 is 6.61 Å². The standard InChI is InChI=1S/C24H27F2N7O3S/c1-14-11-28-24(31-22(14)29-18-4-9-37-20(18)21(27)34)30-17-3-2-15(10-19(17)36-23(25)26)33-6-5-32-7-8-35-13-16(32)12-33/h2-4,9-11,16,23H,5-8,12-13H2,1H3,(H2,27,34)(H2,28,29,30,31). The number of fused-ring (bicyclic) bond motifs is 1. The summed E-state index contributed by atoms with van der Waals surface area (Å²) in [6, 6.07) is 7.14. The number of nitrogens with one attached hydrogen (secondary N) is 2. The molecule has 10 nitrogen and oxygen atoms in total. The molecule has 4 heterocycles. The van der Waals surface area contributed by atoms with E-state index in [1.807, 2.05) is 6.07 Å². The summed E-state index contributed by atoms with van der Waals surface area (Å²) in [6.45, 7) is 3.51. The van der Waals surface area contributed by atoms with E-state index in [0.29, 0.717) is 28.7 Å². The van der Waals surface area contributed by atoms with E-state index in [0.717, 1.165) is 44.0 Å². The maximum Gasteiger partial charge on any atom is 0.387 e. The van der Waals surface area contributed by atoms with Gasteiger partial charge in [-0.15, -0.1) is 11.3 Å². The molecule has 1 atom stereocenters. The number of ether oxygens (including phenoxy) is 2. The first-order chi connectivity index (χ1) is 17.9. The van der Waals surface area contributed by atoms with Crippen molar-refractivity contribution < 1.29 is 23.0 Å². The minimum Gasteiger partial charge on any atom is -0.433 e. The van der Waals surface area contributed by atoms with Gasteiger partial charge in [0.2, 0.25) is 5.95 Å². The van der Waals surface area contributed by atoms with Gasteiger partial charge in [-0.25, -0.2) is 4.98 Å². The number of aromatic nitrogens is 2. The van der Waals surface area contributed by atoms with Crippen LogP contribution in [0.2, 0.25) is 0 Å². The molecule has 1 amide bonds. The summed E-state index contributed by atoms with van der Waals surface area (Å²) < 4.78 is 37.1. The Balaban J connectivity index is 1.37. The first kappa shape index (κ1) is 25.1. The summed E-state index contributed by atoms with van der Waals surface area (Å²) in [5.74, 6) is 0.0546. The third-order valence-corrected chi connectivity index (χ3v) is 7.27. The number of morpholine rings is 1. The summed E-state index contributed by atoms with van der Waals surface area (Å²) in [4.78, 5) is 25.3. The van der Waals surface area contributed by atoms with Crippen LogP contribution in [0.3, 0.4) is 0 Å². The van der Waals surface area contributed by atoms with Crippen LogP contribution in [0.15, 0.2) is 35.8 Å². The highest BCUT2D eigenvalue weighted by molar-refractivity contribution is 7.12. The van der Waals surface area contributed by atoms with Gasteiger partial charge < -0.3 is 30.7 Å². The summed E-state index contributed by atoms with van der Waals surface area (Å²) in [7, 11) is 0. The Hall–Kier alpha value is -3.55. The zero-order chi connectivity index (χ0) is 25.9. The van der Waals surface area contributed by atoms with Crippen LogP contribution in [-0.2, 0) is 4.74 Å². The molecule has 1 unspecified atom stereocenters. The minimum absolute atomic E-state index is 0.0117. The van der Waals surface area contributed by atoms with E-state index in [-0.39, 0.29) is 17.7 Å². The first-order valence-corrected chi connectivity index (χ1v) is 12.7. The number of hydrogen-bond acceptors (Lipinski definition) is 10. The molecule has 3 aromatic rings. The van der Waals surface area contributed by atoms with Gasteiger partial charge in [-0.05, 0) is 30.5 Å². The molecule has 2 aliphatic heterocycles. The quantitative estimate of drug-likeness (QED) is 0.401. The van der Waals surface area contributed by atoms with E-state index in [2.05, 4.69) is 30.4 Å². The van der Waals surface area contributed by atoms with Crippen LogP contribution in [-0.4, -0.2) is 72.8 Å². The number of carbonyl (C=O) groups is 1. The second-order valence-corrected chi connectivity index (χ2v) is 9.69. The fraction of sp³-hybridized carbons (Fsp3) is 0.375. The number of halogens is 2. The smallest absolute Gasteiger partial charge is 0.387 e. The van der Waals surface area contributed by atoms with Crippen molar-refractivity contribution in [1.29, 1.82) is 0 Å². The van der Waals surface area contributed by atoms with Crippen molar-refractivity contribution in [2.75, 3.05) is 54.9 Å². The lowest BCUT2D eigenvalue weighted by molar-refractivity contribution is -0.0493. The van der Waals surface area contributed by atoms with Gasteiger partial charge in [-0.2, -0.15) is 13.8 Å². The normalized spacial score (nSPS) is 17.9. The molecule has 2 aliphatic rings. The highest BCUT2D eigenvalue weighted by atomic mass is 32.1. The molecular formula is C24H27F2N7O3S. The Kier molecular flexibility index (Phi) is 7.35. The predicted octanol–water partition coefficient (Wildman–Crippen LogP) is 3.55. The second-order valence-electron chi connectivity index (χ2n) is 8.77. The topological polar surface area (TPSA) is 118 Å². The van der Waals surface area contributed by atoms with Crippen LogP contribution in [0.5, 0.6) is 5.75 Å². The number of thiophene rings is 1. The van der Waals surface area contributed by atoms with Crippen LogP contribution in [0.25, 0.3) is 0 Å². The monoisotopic (exact) mass is 531 g/mol. The van der Waals surface area contributed by atoms with E-state index < -0.39 is 12.5 Å². The van der Waals surface area contributed by atoms with Crippen molar-refractivity contribution in [1.82, 2.24) is 14.9 Å². The van der Waals surface area contributed by atoms with Crippen molar-refractivity contribution >= 4 is 46.1 Å². The number of anilines is 5. The van der Waals surface area contributed by atoms with Gasteiger partial charge in [-0.1, -0.05) is 0 Å². The van der Waals surface area contributed by atoms with E-state index >= 15 is 0 Å². The highest BCUT2D eigenvalue weighted by Crippen LogP contribution is 2.34. The average Bonchev–Trinajstić information content (AvgIpc) is 3.35. The molecule has 1 aromatic carbocycles. The summed E-state index contributed by atoms with van der Waals surface area (Å²) in [6.07, 6.45) is 1.59. The Labute approximate surface area is 216 Å². The molecule has 5 rings (SSSR count). The number of alkyl halides is 2. The maximum absolute atomic E-state index is 13.3. The zero-order valence-corrected chi connectivity index (χ0v) is 20.9. The molecule has 196 valence electrons. The number of primary amides is 1. The molecule has 13 heteroatoms. The third kappa shape index (κ3) is 5.73. The second kappa shape index (κ2) is 10.8. The van der Waals surface area contributed by atoms with Crippen LogP contribution in [0, 0.1) is 6.92 Å². The molecule has 2 aromatic heterocycles. The molecule has 2 saturated heterocycles. The molecule has 0 bridgehead atoms. The van der Waals surface area contributed by atoms with E-state index in [1.165, 1.54) is 11.3 Å². The van der Waals surface area contributed by atoms with Gasteiger partial charge in [0.15, 0.2) is 5.75 Å². The molecule has 37 heavy (non-hydrogen) atoms. The first-order valence-electron chi connectivity index (χ1n) is 11.8. The van der Waals surface area contributed by atoms with Gasteiger partial charge in [0, 0.05) is 49.7 Å². The number of nitrogens with two attached hydrogens (primary N) is 1. The van der Waals surface area contributed by atoms with Crippen LogP contribution in [0.4, 0.5) is 37.6 Å². The fourth-order valence-electron chi connectivity index (χ4n) is 4.46. The molecule has 0 spiro atoms. The predicted molar refractivity (Wildman–Crippen MR) is 138 cm³/mol. The lowest BCUT2D eigenvalue weighted by Gasteiger charge is -2.44. The Morgan fingerprint density at radius 3 is 2.92 bits per heavy atom. The lowest BCUT2D eigenvalue weighted by atomic mass is 10.1. The van der Waals surface area contributed by atoms with Crippen LogP contribution >= 0.6 is 11.3 Å². The fourth-order valence-corrected chi connectivity index (χ4v) is 5.16. The van der Waals surface area contributed by atoms with Gasteiger partial charge in [-0.3, -0.25) is 9.69 Å². The number of rotatable bonds is 8. The number of aryl methyl sites for hydroxylation is 1. The van der Waals surface area contributed by atoms with Crippen molar-refractivity contribution in [3.8, 4) is 5.75 Å². The van der Waals surface area contributed by atoms with E-state index in [9.17, 15) is 13.6 Å². The molecule has 0 radical (unpaired) electrons. The van der Waals surface area contributed by atoms with Crippen molar-refractivity contribution in [2.45, 2.75) is 19.6 Å². The number of benzene rings is 1. The molecular weight excluding hydrogens is 504 g/mol. The van der Waals surface area contributed by atoms with E-state index in [4.69, 9.17) is 15.2 Å². The molecule has 0 aliphatic carbocycles. The maximum atomic E-state index is 13.3. The largest absolute Gasteiger partial charge is 0.433 e. The molecule has 2 fully saturated rings. The van der Waals surface area contributed by atoms with Gasteiger partial charge in [0.1, 0.15) is 10.7 Å². The number of hydrogen-bond donors (Lipinski definition) is 3. The molecule has 4 N–H and O–H groups in total. The Bertz CT molecular complexity index is 1270. The summed E-state index contributed by atoms with van der Waals surface area (Å²) in [5, 5.41) is 7.82. The minimum atomic E-state index is -3.00. The van der Waals surface area contributed by atoms with Crippen molar-refractivity contribution in [2.24, 2.45) is 5.73 Å². The summed E-state index contributed by atoms with van der Waals surface area (Å²) in [5.41, 5.74) is 7.77. The van der Waals surface area contributed by atoms with Crippen molar-refractivity contribution in [3.63, 3.8) is 0 Å². The number of amides is 1. The zero-order valence-electron chi connectivity index (χ0n) is 20.1. The Morgan fingerprint density at radius 1 is 1.24 bits per heavy atom. The lowest BCUT2D eigenvalue weighted by Crippen LogP contribution is -2.58. The van der Waals surface area contributed by atoms with E-state index in [1.54, 1.807) is 36.7 Å². The Morgan fingerprint density at radius 2 is 2.11 bits per heavy atom. The van der Waals surface area contributed by atoms with Gasteiger partial charge in [0.25, 0.3) is 5.91 Å². The number of carbonyl (C=O) groups excluding carboxylic acids is 1. The SMILES string of the molecule is Cc1cnc(Nc2ccc(N3CCN4CCOCC4C3)cc2OC(F)F)nc1Nc1ccsc1C(N)=O. The average molecular weight is 532 g/mol. The van der Waals surface area contributed by atoms with Gasteiger partial charge in [0.05, 0.1) is 30.6 Å². The molecule has 0 saturated carbocycles. The highest BCUT2D eigenvalue weighted by Gasteiger charge is 2.30. The van der Waals surface area contributed by atoms with Crippen LogP contribution in [0.1, 0.15) is 15.2 Å². The van der Waals surface area contributed by atoms with Crippen molar-refractivity contribution in [3.05, 3.63) is 46.3 Å². The number of piperazine rings is 1.